The Morgan fingerprint density at radius 3 is 2.39 bits per heavy atom. The van der Waals surface area contributed by atoms with E-state index in [4.69, 9.17) is 4.74 Å². The molecular formula is C16H22N2O5. The largest absolute Gasteiger partial charge is 0.456 e. The van der Waals surface area contributed by atoms with Gasteiger partial charge in [0.25, 0.3) is 5.91 Å². The topological polar surface area (TPSA) is 92.8 Å². The Morgan fingerprint density at radius 2 is 1.83 bits per heavy atom. The highest BCUT2D eigenvalue weighted by Crippen LogP contribution is 2.34. The first-order chi connectivity index (χ1) is 11.0. The molecule has 0 spiro atoms. The van der Waals surface area contributed by atoms with Gasteiger partial charge in [0, 0.05) is 13.1 Å². The molecule has 0 unspecified atom stereocenters. The van der Waals surface area contributed by atoms with Crippen LogP contribution in [0.15, 0.2) is 12.2 Å². The highest BCUT2D eigenvalue weighted by molar-refractivity contribution is 6.05. The second kappa shape index (κ2) is 7.89. The van der Waals surface area contributed by atoms with Crippen molar-refractivity contribution >= 4 is 23.7 Å². The number of hydrogen-bond acceptors (Lipinski definition) is 5. The Morgan fingerprint density at radius 1 is 1.22 bits per heavy atom. The lowest BCUT2D eigenvalue weighted by Gasteiger charge is -2.14. The summed E-state index contributed by atoms with van der Waals surface area (Å²) in [5, 5.41) is 2.59. The number of esters is 1. The van der Waals surface area contributed by atoms with Gasteiger partial charge in [0.05, 0.1) is 18.3 Å². The van der Waals surface area contributed by atoms with E-state index in [0.717, 1.165) is 11.3 Å². The molecule has 0 aromatic heterocycles. The zero-order chi connectivity index (χ0) is 16.8. The van der Waals surface area contributed by atoms with Crippen molar-refractivity contribution in [2.45, 2.75) is 32.6 Å². The summed E-state index contributed by atoms with van der Waals surface area (Å²) in [6, 6.07) is 0. The molecule has 23 heavy (non-hydrogen) atoms. The minimum absolute atomic E-state index is 0.0140. The minimum Gasteiger partial charge on any atom is -0.456 e. The molecule has 126 valence electrons. The van der Waals surface area contributed by atoms with Gasteiger partial charge in [0.2, 0.25) is 11.8 Å². The van der Waals surface area contributed by atoms with Crippen LogP contribution in [0, 0.1) is 11.8 Å². The number of fused-ring (bicyclic) bond motifs is 1. The van der Waals surface area contributed by atoms with Gasteiger partial charge in [-0.25, -0.2) is 0 Å². The number of nitrogens with one attached hydrogen (secondary N) is 1. The van der Waals surface area contributed by atoms with E-state index in [-0.39, 0.29) is 49.1 Å². The molecule has 2 rings (SSSR count). The van der Waals surface area contributed by atoms with Gasteiger partial charge in [-0.3, -0.25) is 24.1 Å². The van der Waals surface area contributed by atoms with Crippen LogP contribution in [0.4, 0.5) is 0 Å². The van der Waals surface area contributed by atoms with Crippen LogP contribution in [-0.4, -0.2) is 48.3 Å². The fourth-order valence-electron chi connectivity index (χ4n) is 2.83. The Kier molecular flexibility index (Phi) is 5.90. The average molecular weight is 322 g/mol. The normalized spacial score (nSPS) is 22.9. The third kappa shape index (κ3) is 4.18. The number of amides is 3. The number of carbonyl (C=O) groups excluding carboxylic acids is 4. The van der Waals surface area contributed by atoms with E-state index in [1.807, 2.05) is 19.1 Å². The third-order valence-corrected chi connectivity index (χ3v) is 4.07. The predicted octanol–water partition coefficient (Wildman–Crippen LogP) is 0.397. The summed E-state index contributed by atoms with van der Waals surface area (Å²) >= 11 is 0. The second-order valence-electron chi connectivity index (χ2n) is 5.74. The summed E-state index contributed by atoms with van der Waals surface area (Å²) < 4.78 is 4.84. The average Bonchev–Trinajstić information content (AvgIpc) is 2.80. The molecule has 1 saturated heterocycles. The molecule has 0 saturated carbocycles. The Labute approximate surface area is 135 Å². The van der Waals surface area contributed by atoms with Crippen LogP contribution >= 0.6 is 0 Å². The summed E-state index contributed by atoms with van der Waals surface area (Å²) in [5.74, 6) is -1.95. The first-order valence-corrected chi connectivity index (χ1v) is 7.97. The van der Waals surface area contributed by atoms with Crippen LogP contribution in [0.2, 0.25) is 0 Å². The molecule has 0 aromatic carbocycles. The van der Waals surface area contributed by atoms with Gasteiger partial charge in [-0.2, -0.15) is 0 Å². The van der Waals surface area contributed by atoms with Crippen molar-refractivity contribution in [1.82, 2.24) is 10.2 Å². The maximum Gasteiger partial charge on any atom is 0.308 e. The maximum absolute atomic E-state index is 12.2. The Balaban J connectivity index is 1.75. The molecule has 0 radical (unpaired) electrons. The Hall–Kier alpha value is -2.18. The van der Waals surface area contributed by atoms with Gasteiger partial charge < -0.3 is 10.1 Å². The van der Waals surface area contributed by atoms with Crippen molar-refractivity contribution in [1.29, 1.82) is 0 Å². The van der Waals surface area contributed by atoms with Crippen LogP contribution in [-0.2, 0) is 23.9 Å². The van der Waals surface area contributed by atoms with Crippen LogP contribution < -0.4 is 5.32 Å². The molecule has 7 nitrogen and oxygen atoms in total. The Bertz CT molecular complexity index is 503. The molecule has 3 amide bonds. The van der Waals surface area contributed by atoms with Crippen molar-refractivity contribution in [3.05, 3.63) is 12.2 Å². The monoisotopic (exact) mass is 322 g/mol. The number of ether oxygens (including phenoxy) is 1. The maximum atomic E-state index is 12.2. The first kappa shape index (κ1) is 17.2. The number of hydrogen-bond donors (Lipinski definition) is 1. The van der Waals surface area contributed by atoms with E-state index in [1.165, 1.54) is 0 Å². The van der Waals surface area contributed by atoms with Gasteiger partial charge in [0.1, 0.15) is 0 Å². The summed E-state index contributed by atoms with van der Waals surface area (Å²) in [4.78, 5) is 48.5. The lowest BCUT2D eigenvalue weighted by Crippen LogP contribution is -2.34. The first-order valence-electron chi connectivity index (χ1n) is 7.97. The van der Waals surface area contributed by atoms with Gasteiger partial charge in [-0.15, -0.1) is 0 Å². The zero-order valence-electron chi connectivity index (χ0n) is 13.2. The predicted molar refractivity (Wildman–Crippen MR) is 81.0 cm³/mol. The van der Waals surface area contributed by atoms with Crippen molar-refractivity contribution in [3.63, 3.8) is 0 Å². The molecule has 2 atom stereocenters. The molecule has 2 aliphatic rings. The number of likely N-dealkylation sites (tertiary alicyclic amines) is 1. The van der Waals surface area contributed by atoms with E-state index in [9.17, 15) is 19.2 Å². The van der Waals surface area contributed by atoms with Gasteiger partial charge in [-0.1, -0.05) is 19.1 Å². The van der Waals surface area contributed by atoms with E-state index in [1.54, 1.807) is 0 Å². The van der Waals surface area contributed by atoms with E-state index < -0.39 is 5.97 Å². The standard InChI is InChI=1S/C16H22N2O5/c1-2-8-17-13(19)10-23-14(20)7-9-18-15(21)11-5-3-4-6-12(11)16(18)22/h3-4,11-12H,2,5-10H2,1H3,(H,17,19)/t11-,12-/m0/s1. The van der Waals surface area contributed by atoms with E-state index in [0.29, 0.717) is 19.4 Å². The quantitative estimate of drug-likeness (QED) is 0.416. The second-order valence-corrected chi connectivity index (χ2v) is 5.74. The minimum atomic E-state index is -0.592. The lowest BCUT2D eigenvalue weighted by atomic mass is 9.85. The number of allylic oxidation sites excluding steroid dienone is 2. The third-order valence-electron chi connectivity index (χ3n) is 4.07. The van der Waals surface area contributed by atoms with Crippen molar-refractivity contribution < 1.29 is 23.9 Å². The molecule has 1 aliphatic carbocycles. The van der Waals surface area contributed by atoms with Crippen LogP contribution in [0.3, 0.4) is 0 Å². The molecule has 1 fully saturated rings. The zero-order valence-corrected chi connectivity index (χ0v) is 13.2. The number of nitrogens with zero attached hydrogens (tertiary/aromatic N) is 1. The molecule has 0 bridgehead atoms. The van der Waals surface area contributed by atoms with Gasteiger partial charge in [-0.05, 0) is 19.3 Å². The summed E-state index contributed by atoms with van der Waals surface area (Å²) in [5.41, 5.74) is 0. The summed E-state index contributed by atoms with van der Waals surface area (Å²) in [6.07, 6.45) is 5.70. The highest BCUT2D eigenvalue weighted by atomic mass is 16.5. The van der Waals surface area contributed by atoms with Crippen molar-refractivity contribution in [2.75, 3.05) is 19.7 Å². The number of imide groups is 1. The molecule has 0 aromatic rings. The van der Waals surface area contributed by atoms with E-state index >= 15 is 0 Å². The number of rotatable bonds is 7. The highest BCUT2D eigenvalue weighted by Gasteiger charge is 2.46. The van der Waals surface area contributed by atoms with Gasteiger partial charge in [0.15, 0.2) is 6.61 Å². The van der Waals surface area contributed by atoms with Crippen molar-refractivity contribution in [2.24, 2.45) is 11.8 Å². The fraction of sp³-hybridized carbons (Fsp3) is 0.625. The lowest BCUT2D eigenvalue weighted by molar-refractivity contribution is -0.149. The van der Waals surface area contributed by atoms with Crippen LogP contribution in [0.5, 0.6) is 0 Å². The molecule has 1 aliphatic heterocycles. The van der Waals surface area contributed by atoms with Crippen LogP contribution in [0.1, 0.15) is 32.6 Å². The molecule has 7 heteroatoms. The summed E-state index contributed by atoms with van der Waals surface area (Å²) in [7, 11) is 0. The van der Waals surface area contributed by atoms with E-state index in [2.05, 4.69) is 5.32 Å². The SMILES string of the molecule is CCCNC(=O)COC(=O)CCN1C(=O)[C@H]2CC=CC[C@@H]2C1=O. The number of carbonyl (C=O) groups is 4. The molecular weight excluding hydrogens is 300 g/mol. The van der Waals surface area contributed by atoms with Crippen molar-refractivity contribution in [3.8, 4) is 0 Å². The molecule has 1 N–H and O–H groups in total. The fourth-order valence-corrected chi connectivity index (χ4v) is 2.83. The molecule has 1 heterocycles. The smallest absolute Gasteiger partial charge is 0.308 e. The van der Waals surface area contributed by atoms with Crippen LogP contribution in [0.25, 0.3) is 0 Å². The summed E-state index contributed by atoms with van der Waals surface area (Å²) in [6.45, 7) is 2.13. The van der Waals surface area contributed by atoms with Gasteiger partial charge >= 0.3 is 5.97 Å².